The topological polar surface area (TPSA) is 43.4 Å². The maximum Gasteiger partial charge on any atom is 0.309 e. The van der Waals surface area contributed by atoms with Crippen LogP contribution in [0.25, 0.3) is 0 Å². The standard InChI is InChI=1S/C14H26O3/c1-5-9-11(13(15)7-3)12(10-6-2)14(16)17-8-4/h11-12H,5-10H2,1-4H3. The molecule has 0 fully saturated rings. The van der Waals surface area contributed by atoms with Crippen LogP contribution in [0.3, 0.4) is 0 Å². The third-order valence-electron chi connectivity index (χ3n) is 3.04. The highest BCUT2D eigenvalue weighted by Crippen LogP contribution is 2.26. The van der Waals surface area contributed by atoms with Crippen LogP contribution in [0.1, 0.15) is 59.8 Å². The molecule has 0 aromatic carbocycles. The van der Waals surface area contributed by atoms with Gasteiger partial charge in [0.25, 0.3) is 0 Å². The second-order valence-corrected chi connectivity index (χ2v) is 4.36. The molecule has 0 amide bonds. The van der Waals surface area contributed by atoms with E-state index in [1.165, 1.54) is 0 Å². The average Bonchev–Trinajstić information content (AvgIpc) is 2.33. The Bertz CT molecular complexity index is 236. The summed E-state index contributed by atoms with van der Waals surface area (Å²) in [5.74, 6) is -0.399. The monoisotopic (exact) mass is 242 g/mol. The summed E-state index contributed by atoms with van der Waals surface area (Å²) in [7, 11) is 0. The Labute approximate surface area is 105 Å². The molecule has 2 atom stereocenters. The van der Waals surface area contributed by atoms with Gasteiger partial charge in [-0.15, -0.1) is 0 Å². The lowest BCUT2D eigenvalue weighted by molar-refractivity contribution is -0.153. The summed E-state index contributed by atoms with van der Waals surface area (Å²) in [6, 6.07) is 0. The minimum atomic E-state index is -0.243. The number of hydrogen-bond acceptors (Lipinski definition) is 3. The van der Waals surface area contributed by atoms with E-state index in [-0.39, 0.29) is 23.6 Å². The third-order valence-corrected chi connectivity index (χ3v) is 3.04. The van der Waals surface area contributed by atoms with Crippen LogP contribution >= 0.6 is 0 Å². The summed E-state index contributed by atoms with van der Waals surface area (Å²) in [4.78, 5) is 23.8. The maximum atomic E-state index is 11.9. The predicted molar refractivity (Wildman–Crippen MR) is 68.7 cm³/mol. The molecule has 0 aliphatic carbocycles. The van der Waals surface area contributed by atoms with Gasteiger partial charge in [-0.1, -0.05) is 33.6 Å². The SMILES string of the molecule is CCCC(C(=O)CC)C(CCC)C(=O)OCC. The smallest absolute Gasteiger partial charge is 0.309 e. The van der Waals surface area contributed by atoms with E-state index in [2.05, 4.69) is 0 Å². The van der Waals surface area contributed by atoms with Crippen LogP contribution < -0.4 is 0 Å². The quantitative estimate of drug-likeness (QED) is 0.582. The van der Waals surface area contributed by atoms with E-state index in [1.54, 1.807) is 6.92 Å². The number of carbonyl (C=O) groups excluding carboxylic acids is 2. The number of ketones is 1. The van der Waals surface area contributed by atoms with Crippen molar-refractivity contribution in [3.05, 3.63) is 0 Å². The predicted octanol–water partition coefficient (Wildman–Crippen LogP) is 3.36. The molecule has 0 N–H and O–H groups in total. The summed E-state index contributed by atoms with van der Waals surface area (Å²) in [6.07, 6.45) is 3.87. The molecule has 0 spiro atoms. The van der Waals surface area contributed by atoms with Crippen LogP contribution in [0.2, 0.25) is 0 Å². The minimum absolute atomic E-state index is 0.149. The first-order valence-electron chi connectivity index (χ1n) is 6.81. The van der Waals surface area contributed by atoms with Crippen molar-refractivity contribution in [2.75, 3.05) is 6.61 Å². The van der Waals surface area contributed by atoms with Crippen molar-refractivity contribution in [3.63, 3.8) is 0 Å². The number of rotatable bonds is 9. The van der Waals surface area contributed by atoms with E-state index in [0.717, 1.165) is 25.7 Å². The largest absolute Gasteiger partial charge is 0.466 e. The Kier molecular flexibility index (Phi) is 8.73. The molecule has 2 unspecified atom stereocenters. The lowest BCUT2D eigenvalue weighted by Gasteiger charge is -2.23. The molecule has 3 nitrogen and oxygen atoms in total. The van der Waals surface area contributed by atoms with Gasteiger partial charge in [0, 0.05) is 12.3 Å². The van der Waals surface area contributed by atoms with Crippen LogP contribution in [0, 0.1) is 11.8 Å². The summed E-state index contributed by atoms with van der Waals surface area (Å²) >= 11 is 0. The zero-order valence-electron chi connectivity index (χ0n) is 11.6. The Balaban J connectivity index is 4.80. The molecule has 0 aromatic heterocycles. The Morgan fingerprint density at radius 1 is 0.941 bits per heavy atom. The molecule has 0 saturated heterocycles. The van der Waals surface area contributed by atoms with Crippen molar-refractivity contribution < 1.29 is 14.3 Å². The fourth-order valence-corrected chi connectivity index (χ4v) is 2.20. The van der Waals surface area contributed by atoms with Gasteiger partial charge in [0.05, 0.1) is 12.5 Å². The van der Waals surface area contributed by atoms with Crippen molar-refractivity contribution in [2.24, 2.45) is 11.8 Å². The highest BCUT2D eigenvalue weighted by Gasteiger charge is 2.32. The molecule has 0 aliphatic rings. The molecule has 0 saturated carbocycles. The van der Waals surface area contributed by atoms with Gasteiger partial charge in [0.2, 0.25) is 0 Å². The van der Waals surface area contributed by atoms with E-state index < -0.39 is 0 Å². The number of esters is 1. The molecule has 0 heterocycles. The Morgan fingerprint density at radius 2 is 1.47 bits per heavy atom. The fourth-order valence-electron chi connectivity index (χ4n) is 2.20. The molecule has 0 rings (SSSR count). The van der Waals surface area contributed by atoms with Crippen molar-refractivity contribution >= 4 is 11.8 Å². The van der Waals surface area contributed by atoms with Crippen LogP contribution in [-0.4, -0.2) is 18.4 Å². The first-order chi connectivity index (χ1) is 8.12. The third kappa shape index (κ3) is 5.33. The Hall–Kier alpha value is -0.860. The minimum Gasteiger partial charge on any atom is -0.466 e. The molecule has 0 aliphatic heterocycles. The van der Waals surface area contributed by atoms with E-state index in [1.807, 2.05) is 20.8 Å². The number of carbonyl (C=O) groups is 2. The van der Waals surface area contributed by atoms with Gasteiger partial charge in [-0.2, -0.15) is 0 Å². The fraction of sp³-hybridized carbons (Fsp3) is 0.857. The van der Waals surface area contributed by atoms with Gasteiger partial charge >= 0.3 is 5.97 Å². The van der Waals surface area contributed by atoms with Crippen LogP contribution in [0.4, 0.5) is 0 Å². The van der Waals surface area contributed by atoms with Crippen molar-refractivity contribution in [3.8, 4) is 0 Å². The van der Waals surface area contributed by atoms with E-state index in [4.69, 9.17) is 4.74 Å². The first-order valence-corrected chi connectivity index (χ1v) is 6.81. The van der Waals surface area contributed by atoms with Gasteiger partial charge in [-0.25, -0.2) is 0 Å². The number of Topliss-reactive ketones (excluding diaryl/α,β-unsaturated/α-hetero) is 1. The molecule has 0 aromatic rings. The van der Waals surface area contributed by atoms with Crippen LogP contribution in [0.15, 0.2) is 0 Å². The lowest BCUT2D eigenvalue weighted by atomic mass is 9.81. The average molecular weight is 242 g/mol. The number of ether oxygens (including phenoxy) is 1. The zero-order valence-corrected chi connectivity index (χ0v) is 11.6. The van der Waals surface area contributed by atoms with Crippen molar-refractivity contribution in [1.29, 1.82) is 0 Å². The second kappa shape index (κ2) is 9.20. The van der Waals surface area contributed by atoms with Crippen molar-refractivity contribution in [2.45, 2.75) is 59.8 Å². The zero-order chi connectivity index (χ0) is 13.3. The molecule has 17 heavy (non-hydrogen) atoms. The highest BCUT2D eigenvalue weighted by molar-refractivity contribution is 5.86. The van der Waals surface area contributed by atoms with Gasteiger partial charge in [0.1, 0.15) is 5.78 Å². The molecule has 100 valence electrons. The molecule has 0 radical (unpaired) electrons. The molecular weight excluding hydrogens is 216 g/mol. The summed E-state index contributed by atoms with van der Waals surface area (Å²) < 4.78 is 5.09. The van der Waals surface area contributed by atoms with Crippen LogP contribution in [0.5, 0.6) is 0 Å². The maximum absolute atomic E-state index is 11.9. The first kappa shape index (κ1) is 16.1. The number of hydrogen-bond donors (Lipinski definition) is 0. The normalized spacial score (nSPS) is 14.1. The molecule has 3 heteroatoms. The van der Waals surface area contributed by atoms with Gasteiger partial charge in [-0.05, 0) is 19.8 Å². The summed E-state index contributed by atoms with van der Waals surface area (Å²) in [5, 5.41) is 0. The van der Waals surface area contributed by atoms with Gasteiger partial charge in [0.15, 0.2) is 0 Å². The Morgan fingerprint density at radius 3 is 1.88 bits per heavy atom. The second-order valence-electron chi connectivity index (χ2n) is 4.36. The molecular formula is C14H26O3. The van der Waals surface area contributed by atoms with Crippen molar-refractivity contribution in [1.82, 2.24) is 0 Å². The van der Waals surface area contributed by atoms with E-state index in [0.29, 0.717) is 13.0 Å². The summed E-state index contributed by atoms with van der Waals surface area (Å²) in [5.41, 5.74) is 0. The van der Waals surface area contributed by atoms with E-state index in [9.17, 15) is 9.59 Å². The van der Waals surface area contributed by atoms with Gasteiger partial charge < -0.3 is 4.74 Å². The van der Waals surface area contributed by atoms with Gasteiger partial charge in [-0.3, -0.25) is 9.59 Å². The summed E-state index contributed by atoms with van der Waals surface area (Å²) in [6.45, 7) is 8.13. The lowest BCUT2D eigenvalue weighted by Crippen LogP contribution is -2.31. The molecule has 0 bridgehead atoms. The highest BCUT2D eigenvalue weighted by atomic mass is 16.5. The van der Waals surface area contributed by atoms with Crippen LogP contribution in [-0.2, 0) is 14.3 Å². The van der Waals surface area contributed by atoms with E-state index >= 15 is 0 Å².